The minimum absolute atomic E-state index is 0.0856. The van der Waals surface area contributed by atoms with Gasteiger partial charge in [0, 0.05) is 20.7 Å². The van der Waals surface area contributed by atoms with Gasteiger partial charge in [-0.15, -0.1) is 11.8 Å². The van der Waals surface area contributed by atoms with E-state index in [-0.39, 0.29) is 6.04 Å². The summed E-state index contributed by atoms with van der Waals surface area (Å²) in [5.41, 5.74) is 6.99. The molecule has 0 amide bonds. The first-order valence-electron chi connectivity index (χ1n) is 4.72. The molecule has 0 spiro atoms. The normalized spacial score (nSPS) is 13.3. The second kappa shape index (κ2) is 5.19. The van der Waals surface area contributed by atoms with Gasteiger partial charge in [0.25, 0.3) is 0 Å². The second-order valence-corrected chi connectivity index (χ2v) is 6.14. The van der Waals surface area contributed by atoms with Crippen LogP contribution in [0.1, 0.15) is 32.4 Å². The maximum atomic E-state index is 5.83. The number of rotatable bonds is 3. The maximum absolute atomic E-state index is 5.83. The van der Waals surface area contributed by atoms with Gasteiger partial charge >= 0.3 is 0 Å². The van der Waals surface area contributed by atoms with E-state index in [1.807, 2.05) is 18.7 Å². The summed E-state index contributed by atoms with van der Waals surface area (Å²) in [6, 6.07) is 6.46. The highest BCUT2D eigenvalue weighted by molar-refractivity contribution is 9.10. The molecule has 1 atom stereocenters. The average Bonchev–Trinajstić information content (AvgIpc) is 2.01. The molecule has 78 valence electrons. The first-order valence-corrected chi connectivity index (χ1v) is 6.39. The topological polar surface area (TPSA) is 26.0 Å². The maximum Gasteiger partial charge on any atom is 0.0277 e. The fraction of sp³-hybridized carbons (Fsp3) is 0.455. The van der Waals surface area contributed by atoms with Crippen molar-refractivity contribution < 1.29 is 0 Å². The Kier molecular flexibility index (Phi) is 4.48. The van der Waals surface area contributed by atoms with Crippen LogP contribution in [0.2, 0.25) is 0 Å². The SMILES string of the molecule is CC(C)Sc1ccc([C@@H](C)N)c(Br)c1. The van der Waals surface area contributed by atoms with Gasteiger partial charge in [-0.2, -0.15) is 0 Å². The summed E-state index contributed by atoms with van der Waals surface area (Å²) < 4.78 is 1.11. The van der Waals surface area contributed by atoms with Crippen molar-refractivity contribution in [1.29, 1.82) is 0 Å². The summed E-state index contributed by atoms with van der Waals surface area (Å²) in [5, 5.41) is 0.614. The van der Waals surface area contributed by atoms with E-state index in [9.17, 15) is 0 Å². The van der Waals surface area contributed by atoms with Crippen LogP contribution in [0.25, 0.3) is 0 Å². The van der Waals surface area contributed by atoms with Crippen LogP contribution in [0.5, 0.6) is 0 Å². The molecule has 0 saturated carbocycles. The molecule has 0 saturated heterocycles. The van der Waals surface area contributed by atoms with Crippen LogP contribution in [0.4, 0.5) is 0 Å². The van der Waals surface area contributed by atoms with E-state index in [0.29, 0.717) is 5.25 Å². The van der Waals surface area contributed by atoms with Gasteiger partial charge in [0.15, 0.2) is 0 Å². The molecule has 0 unspecified atom stereocenters. The summed E-state index contributed by atoms with van der Waals surface area (Å²) in [6.45, 7) is 6.38. The minimum Gasteiger partial charge on any atom is -0.324 e. The molecule has 14 heavy (non-hydrogen) atoms. The Balaban J connectivity index is 2.89. The van der Waals surface area contributed by atoms with Crippen molar-refractivity contribution in [2.75, 3.05) is 0 Å². The summed E-state index contributed by atoms with van der Waals surface area (Å²) >= 11 is 5.41. The van der Waals surface area contributed by atoms with Crippen LogP contribution in [0.3, 0.4) is 0 Å². The molecular formula is C11H16BrNS. The molecule has 0 radical (unpaired) electrons. The molecule has 1 nitrogen and oxygen atoms in total. The lowest BCUT2D eigenvalue weighted by Crippen LogP contribution is -2.05. The van der Waals surface area contributed by atoms with Gasteiger partial charge in [-0.1, -0.05) is 35.8 Å². The number of nitrogens with two attached hydrogens (primary N) is 1. The lowest BCUT2D eigenvalue weighted by molar-refractivity contribution is 0.811. The Morgan fingerprint density at radius 3 is 2.36 bits per heavy atom. The number of hydrogen-bond acceptors (Lipinski definition) is 2. The van der Waals surface area contributed by atoms with E-state index in [4.69, 9.17) is 5.73 Å². The van der Waals surface area contributed by atoms with Gasteiger partial charge < -0.3 is 5.73 Å². The third kappa shape index (κ3) is 3.30. The lowest BCUT2D eigenvalue weighted by atomic mass is 10.1. The van der Waals surface area contributed by atoms with Crippen molar-refractivity contribution >= 4 is 27.7 Å². The Labute approximate surface area is 98.6 Å². The predicted molar refractivity (Wildman–Crippen MR) is 67.7 cm³/mol. The van der Waals surface area contributed by atoms with Gasteiger partial charge in [0.2, 0.25) is 0 Å². The van der Waals surface area contributed by atoms with Crippen LogP contribution < -0.4 is 5.73 Å². The highest BCUT2D eigenvalue weighted by atomic mass is 79.9. The Morgan fingerprint density at radius 1 is 1.29 bits per heavy atom. The third-order valence-corrected chi connectivity index (χ3v) is 3.52. The van der Waals surface area contributed by atoms with E-state index in [1.54, 1.807) is 0 Å². The van der Waals surface area contributed by atoms with Gasteiger partial charge in [0.05, 0.1) is 0 Å². The molecule has 0 aliphatic rings. The van der Waals surface area contributed by atoms with Crippen molar-refractivity contribution in [3.63, 3.8) is 0 Å². The number of benzene rings is 1. The summed E-state index contributed by atoms with van der Waals surface area (Å²) in [7, 11) is 0. The Hall–Kier alpha value is 0.01000. The van der Waals surface area contributed by atoms with Crippen molar-refractivity contribution in [1.82, 2.24) is 0 Å². The highest BCUT2D eigenvalue weighted by Gasteiger charge is 2.06. The highest BCUT2D eigenvalue weighted by Crippen LogP contribution is 2.29. The van der Waals surface area contributed by atoms with E-state index in [1.165, 1.54) is 4.90 Å². The molecule has 0 aromatic heterocycles. The molecule has 0 heterocycles. The fourth-order valence-corrected chi connectivity index (χ4v) is 2.99. The number of thioether (sulfide) groups is 1. The quantitative estimate of drug-likeness (QED) is 0.844. The van der Waals surface area contributed by atoms with E-state index in [2.05, 4.69) is 48.0 Å². The van der Waals surface area contributed by atoms with Gasteiger partial charge in [-0.05, 0) is 24.6 Å². The Bertz CT molecular complexity index is 310. The minimum atomic E-state index is 0.0856. The smallest absolute Gasteiger partial charge is 0.0277 e. The zero-order chi connectivity index (χ0) is 10.7. The molecule has 1 aromatic rings. The zero-order valence-electron chi connectivity index (χ0n) is 8.75. The van der Waals surface area contributed by atoms with Crippen LogP contribution in [-0.4, -0.2) is 5.25 Å². The molecule has 3 heteroatoms. The molecule has 1 aromatic carbocycles. The molecular weight excluding hydrogens is 258 g/mol. The first-order chi connectivity index (χ1) is 6.50. The molecule has 1 rings (SSSR count). The monoisotopic (exact) mass is 273 g/mol. The molecule has 0 bridgehead atoms. The third-order valence-electron chi connectivity index (χ3n) is 1.83. The average molecular weight is 274 g/mol. The van der Waals surface area contributed by atoms with Crippen LogP contribution in [0.15, 0.2) is 27.6 Å². The lowest BCUT2D eigenvalue weighted by Gasteiger charge is -2.11. The van der Waals surface area contributed by atoms with E-state index < -0.39 is 0 Å². The van der Waals surface area contributed by atoms with Crippen molar-refractivity contribution in [3.8, 4) is 0 Å². The zero-order valence-corrected chi connectivity index (χ0v) is 11.2. The molecule has 0 aliphatic heterocycles. The fourth-order valence-electron chi connectivity index (χ4n) is 1.22. The van der Waals surface area contributed by atoms with Gasteiger partial charge in [0.1, 0.15) is 0 Å². The largest absolute Gasteiger partial charge is 0.324 e. The molecule has 0 fully saturated rings. The van der Waals surface area contributed by atoms with Crippen LogP contribution in [0, 0.1) is 0 Å². The second-order valence-electron chi connectivity index (χ2n) is 3.64. The molecule has 0 aliphatic carbocycles. The Morgan fingerprint density at radius 2 is 1.93 bits per heavy atom. The van der Waals surface area contributed by atoms with Gasteiger partial charge in [-0.25, -0.2) is 0 Å². The van der Waals surface area contributed by atoms with E-state index in [0.717, 1.165) is 10.0 Å². The predicted octanol–water partition coefficient (Wildman–Crippen LogP) is 3.97. The number of hydrogen-bond donors (Lipinski definition) is 1. The first kappa shape index (κ1) is 12.1. The van der Waals surface area contributed by atoms with Crippen molar-refractivity contribution in [2.24, 2.45) is 5.73 Å². The summed E-state index contributed by atoms with van der Waals surface area (Å²) in [5.74, 6) is 0. The summed E-state index contributed by atoms with van der Waals surface area (Å²) in [6.07, 6.45) is 0. The van der Waals surface area contributed by atoms with Crippen LogP contribution >= 0.6 is 27.7 Å². The van der Waals surface area contributed by atoms with Crippen molar-refractivity contribution in [3.05, 3.63) is 28.2 Å². The standard InChI is InChI=1S/C11H16BrNS/c1-7(2)14-9-4-5-10(8(3)13)11(12)6-9/h4-8H,13H2,1-3H3/t8-/m1/s1. The van der Waals surface area contributed by atoms with E-state index >= 15 is 0 Å². The summed E-state index contributed by atoms with van der Waals surface area (Å²) in [4.78, 5) is 1.29. The molecule has 2 N–H and O–H groups in total. The van der Waals surface area contributed by atoms with Crippen molar-refractivity contribution in [2.45, 2.75) is 37.0 Å². The number of halogens is 1. The van der Waals surface area contributed by atoms with Crippen LogP contribution in [-0.2, 0) is 0 Å². The van der Waals surface area contributed by atoms with Gasteiger partial charge in [-0.3, -0.25) is 0 Å².